The fourth-order valence-corrected chi connectivity index (χ4v) is 2.96. The maximum absolute atomic E-state index is 12.3. The second kappa shape index (κ2) is 7.98. The standard InChI is InChI=1S/C18H19ClN4O2/c19-14-2-1-3-16(12-14)22-18(25)23-10-6-15(7-11-23)21-17(24)13-4-8-20-9-5-13/h1-5,8-9,12,15H,6-7,10-11H2,(H,21,24)(H,22,25). The van der Waals surface area contributed by atoms with Crippen LogP contribution in [0.25, 0.3) is 0 Å². The molecular formula is C18H19ClN4O2. The summed E-state index contributed by atoms with van der Waals surface area (Å²) in [6.45, 7) is 1.18. The van der Waals surface area contributed by atoms with Gasteiger partial charge in [-0.05, 0) is 43.2 Å². The number of amides is 3. The molecule has 0 bridgehead atoms. The highest BCUT2D eigenvalue weighted by atomic mass is 35.5. The zero-order valence-corrected chi connectivity index (χ0v) is 14.4. The monoisotopic (exact) mass is 358 g/mol. The van der Waals surface area contributed by atoms with E-state index in [1.165, 1.54) is 0 Å². The lowest BCUT2D eigenvalue weighted by atomic mass is 10.0. The first-order valence-corrected chi connectivity index (χ1v) is 8.52. The summed E-state index contributed by atoms with van der Waals surface area (Å²) in [5.41, 5.74) is 1.27. The van der Waals surface area contributed by atoms with E-state index in [0.29, 0.717) is 29.4 Å². The molecule has 6 nitrogen and oxygen atoms in total. The van der Waals surface area contributed by atoms with E-state index >= 15 is 0 Å². The van der Waals surface area contributed by atoms with Crippen LogP contribution in [0.3, 0.4) is 0 Å². The minimum absolute atomic E-state index is 0.0656. The maximum Gasteiger partial charge on any atom is 0.321 e. The zero-order valence-electron chi connectivity index (χ0n) is 13.6. The molecule has 1 aromatic carbocycles. The van der Waals surface area contributed by atoms with E-state index in [-0.39, 0.29) is 18.0 Å². The SMILES string of the molecule is O=C(NC1CCN(C(=O)Nc2cccc(Cl)c2)CC1)c1ccncc1. The minimum atomic E-state index is -0.152. The number of urea groups is 1. The number of nitrogens with zero attached hydrogens (tertiary/aromatic N) is 2. The second-order valence-corrected chi connectivity index (χ2v) is 6.35. The Morgan fingerprint density at radius 3 is 2.52 bits per heavy atom. The van der Waals surface area contributed by atoms with E-state index in [2.05, 4.69) is 15.6 Å². The Balaban J connectivity index is 1.48. The average molecular weight is 359 g/mol. The lowest BCUT2D eigenvalue weighted by Crippen LogP contribution is -2.47. The van der Waals surface area contributed by atoms with Crippen LogP contribution in [0.5, 0.6) is 0 Å². The van der Waals surface area contributed by atoms with Crippen LogP contribution in [0.15, 0.2) is 48.8 Å². The Morgan fingerprint density at radius 1 is 1.12 bits per heavy atom. The molecule has 7 heteroatoms. The Kier molecular flexibility index (Phi) is 5.50. The van der Waals surface area contributed by atoms with Crippen molar-refractivity contribution in [1.29, 1.82) is 0 Å². The molecule has 0 saturated carbocycles. The summed E-state index contributed by atoms with van der Waals surface area (Å²) < 4.78 is 0. The number of hydrogen-bond donors (Lipinski definition) is 2. The molecule has 0 radical (unpaired) electrons. The van der Waals surface area contributed by atoms with Gasteiger partial charge in [-0.15, -0.1) is 0 Å². The van der Waals surface area contributed by atoms with Crippen LogP contribution < -0.4 is 10.6 Å². The summed E-state index contributed by atoms with van der Waals surface area (Å²) >= 11 is 5.92. The van der Waals surface area contributed by atoms with Crippen molar-refractivity contribution >= 4 is 29.2 Å². The van der Waals surface area contributed by atoms with Crippen LogP contribution in [-0.4, -0.2) is 41.0 Å². The molecule has 2 aromatic rings. The van der Waals surface area contributed by atoms with Crippen molar-refractivity contribution in [3.05, 3.63) is 59.4 Å². The van der Waals surface area contributed by atoms with Gasteiger partial charge in [-0.2, -0.15) is 0 Å². The van der Waals surface area contributed by atoms with Gasteiger partial charge in [-0.25, -0.2) is 4.79 Å². The summed E-state index contributed by atoms with van der Waals surface area (Å²) in [6.07, 6.45) is 4.63. The van der Waals surface area contributed by atoms with E-state index in [0.717, 1.165) is 12.8 Å². The minimum Gasteiger partial charge on any atom is -0.349 e. The zero-order chi connectivity index (χ0) is 17.6. The summed E-state index contributed by atoms with van der Waals surface area (Å²) in [4.78, 5) is 30.1. The number of halogens is 1. The molecule has 1 aliphatic rings. The average Bonchev–Trinajstić information content (AvgIpc) is 2.63. The number of carbonyl (C=O) groups is 2. The van der Waals surface area contributed by atoms with E-state index in [1.54, 1.807) is 53.7 Å². The third-order valence-electron chi connectivity index (χ3n) is 4.14. The number of hydrogen-bond acceptors (Lipinski definition) is 3. The lowest BCUT2D eigenvalue weighted by Gasteiger charge is -2.32. The topological polar surface area (TPSA) is 74.3 Å². The number of pyridine rings is 1. The Bertz CT molecular complexity index is 746. The van der Waals surface area contributed by atoms with Crippen molar-refractivity contribution in [3.63, 3.8) is 0 Å². The highest BCUT2D eigenvalue weighted by Gasteiger charge is 2.24. The highest BCUT2D eigenvalue weighted by molar-refractivity contribution is 6.30. The first-order valence-electron chi connectivity index (χ1n) is 8.14. The number of rotatable bonds is 3. The molecule has 2 N–H and O–H groups in total. The Labute approximate surface area is 151 Å². The fourth-order valence-electron chi connectivity index (χ4n) is 2.77. The molecule has 1 aromatic heterocycles. The van der Waals surface area contributed by atoms with Crippen LogP contribution in [0.4, 0.5) is 10.5 Å². The van der Waals surface area contributed by atoms with Crippen molar-refractivity contribution < 1.29 is 9.59 Å². The normalized spacial score (nSPS) is 14.8. The van der Waals surface area contributed by atoms with E-state index in [1.807, 2.05) is 0 Å². The number of benzene rings is 1. The van der Waals surface area contributed by atoms with Gasteiger partial charge in [0.2, 0.25) is 0 Å². The largest absolute Gasteiger partial charge is 0.349 e. The van der Waals surface area contributed by atoms with Gasteiger partial charge in [-0.3, -0.25) is 9.78 Å². The summed E-state index contributed by atoms with van der Waals surface area (Å²) in [5, 5.41) is 6.43. The summed E-state index contributed by atoms with van der Waals surface area (Å²) in [6, 6.07) is 10.3. The van der Waals surface area contributed by atoms with E-state index < -0.39 is 0 Å². The van der Waals surface area contributed by atoms with Gasteiger partial charge in [0.15, 0.2) is 0 Å². The highest BCUT2D eigenvalue weighted by Crippen LogP contribution is 2.17. The van der Waals surface area contributed by atoms with Crippen LogP contribution in [-0.2, 0) is 0 Å². The van der Waals surface area contributed by atoms with Gasteiger partial charge in [0.1, 0.15) is 0 Å². The Hall–Kier alpha value is -2.60. The first kappa shape index (κ1) is 17.2. The number of likely N-dealkylation sites (tertiary alicyclic amines) is 1. The molecule has 0 spiro atoms. The third-order valence-corrected chi connectivity index (χ3v) is 4.37. The van der Waals surface area contributed by atoms with Crippen LogP contribution in [0, 0.1) is 0 Å². The molecule has 1 saturated heterocycles. The number of piperidine rings is 1. The third kappa shape index (κ3) is 4.70. The molecule has 3 rings (SSSR count). The van der Waals surface area contributed by atoms with E-state index in [9.17, 15) is 9.59 Å². The smallest absolute Gasteiger partial charge is 0.321 e. The maximum atomic E-state index is 12.3. The summed E-state index contributed by atoms with van der Waals surface area (Å²) in [5.74, 6) is -0.107. The Morgan fingerprint density at radius 2 is 1.84 bits per heavy atom. The van der Waals surface area contributed by atoms with Gasteiger partial charge in [-0.1, -0.05) is 17.7 Å². The van der Waals surface area contributed by atoms with E-state index in [4.69, 9.17) is 11.6 Å². The second-order valence-electron chi connectivity index (χ2n) is 5.91. The van der Waals surface area contributed by atoms with Gasteiger partial charge < -0.3 is 15.5 Å². The quantitative estimate of drug-likeness (QED) is 0.885. The van der Waals surface area contributed by atoms with Crippen molar-refractivity contribution in [2.24, 2.45) is 0 Å². The van der Waals surface area contributed by atoms with Gasteiger partial charge in [0.25, 0.3) is 5.91 Å². The fraction of sp³-hybridized carbons (Fsp3) is 0.278. The molecule has 0 unspecified atom stereocenters. The molecule has 1 fully saturated rings. The van der Waals surface area contributed by atoms with Crippen LogP contribution in [0.2, 0.25) is 5.02 Å². The molecule has 2 heterocycles. The number of anilines is 1. The lowest BCUT2D eigenvalue weighted by molar-refractivity contribution is 0.0919. The number of aromatic nitrogens is 1. The summed E-state index contributed by atoms with van der Waals surface area (Å²) in [7, 11) is 0. The van der Waals surface area contributed by atoms with Gasteiger partial charge >= 0.3 is 6.03 Å². The number of nitrogens with one attached hydrogen (secondary N) is 2. The predicted octanol–water partition coefficient (Wildman–Crippen LogP) is 3.16. The molecular weight excluding hydrogens is 340 g/mol. The predicted molar refractivity (Wildman–Crippen MR) is 96.8 cm³/mol. The molecule has 130 valence electrons. The van der Waals surface area contributed by atoms with Crippen LogP contribution in [0.1, 0.15) is 23.2 Å². The van der Waals surface area contributed by atoms with Crippen molar-refractivity contribution in [1.82, 2.24) is 15.2 Å². The molecule has 25 heavy (non-hydrogen) atoms. The molecule has 1 aliphatic heterocycles. The van der Waals surface area contributed by atoms with Crippen molar-refractivity contribution in [2.75, 3.05) is 18.4 Å². The van der Waals surface area contributed by atoms with Crippen molar-refractivity contribution in [2.45, 2.75) is 18.9 Å². The molecule has 0 atom stereocenters. The number of carbonyl (C=O) groups excluding carboxylic acids is 2. The van der Waals surface area contributed by atoms with Gasteiger partial charge in [0.05, 0.1) is 0 Å². The molecule has 3 amide bonds. The van der Waals surface area contributed by atoms with Gasteiger partial charge in [0, 0.05) is 47.8 Å². The first-order chi connectivity index (χ1) is 12.1. The molecule has 0 aliphatic carbocycles. The van der Waals surface area contributed by atoms with Crippen LogP contribution >= 0.6 is 11.6 Å². The van der Waals surface area contributed by atoms with Crippen molar-refractivity contribution in [3.8, 4) is 0 Å².